The Morgan fingerprint density at radius 3 is 2.73 bits per heavy atom. The van der Waals surface area contributed by atoms with Gasteiger partial charge in [0.1, 0.15) is 12.7 Å². The van der Waals surface area contributed by atoms with Crippen LogP contribution in [-0.2, 0) is 14.3 Å². The first-order valence-corrected chi connectivity index (χ1v) is 8.74. The van der Waals surface area contributed by atoms with E-state index in [2.05, 4.69) is 10.6 Å². The first-order valence-electron chi connectivity index (χ1n) is 8.74. The van der Waals surface area contributed by atoms with Gasteiger partial charge in [-0.1, -0.05) is 30.3 Å². The van der Waals surface area contributed by atoms with Gasteiger partial charge in [-0.2, -0.15) is 0 Å². The molecule has 1 heterocycles. The summed E-state index contributed by atoms with van der Waals surface area (Å²) in [6.45, 7) is 0.490. The molecule has 6 nitrogen and oxygen atoms in total. The first-order chi connectivity index (χ1) is 12.6. The second-order valence-corrected chi connectivity index (χ2v) is 6.61. The van der Waals surface area contributed by atoms with Crippen LogP contribution in [0.3, 0.4) is 0 Å². The fourth-order valence-corrected chi connectivity index (χ4v) is 3.71. The number of hydrogen-bond acceptors (Lipinski definition) is 4. The van der Waals surface area contributed by atoms with Crippen molar-refractivity contribution in [2.75, 3.05) is 18.5 Å². The van der Waals surface area contributed by atoms with Gasteiger partial charge < -0.3 is 20.5 Å². The molecule has 0 aromatic heterocycles. The van der Waals surface area contributed by atoms with Crippen molar-refractivity contribution in [3.63, 3.8) is 0 Å². The van der Waals surface area contributed by atoms with Crippen LogP contribution in [0.5, 0.6) is 0 Å². The highest BCUT2D eigenvalue weighted by molar-refractivity contribution is 5.95. The van der Waals surface area contributed by atoms with E-state index in [1.165, 1.54) is 0 Å². The van der Waals surface area contributed by atoms with Gasteiger partial charge in [-0.25, -0.2) is 4.79 Å². The number of nitrogens with one attached hydrogen (secondary N) is 2. The van der Waals surface area contributed by atoms with Crippen LogP contribution >= 0.6 is 0 Å². The third-order valence-electron chi connectivity index (χ3n) is 4.89. The lowest BCUT2D eigenvalue weighted by Gasteiger charge is -2.15. The van der Waals surface area contributed by atoms with Crippen molar-refractivity contribution in [2.24, 2.45) is 0 Å². The summed E-state index contributed by atoms with van der Waals surface area (Å²) in [7, 11) is 0. The molecule has 0 radical (unpaired) electrons. The maximum atomic E-state index is 12.3. The molecular formula is C20H20N2O4. The minimum Gasteiger partial charge on any atom is -0.480 e. The summed E-state index contributed by atoms with van der Waals surface area (Å²) in [5, 5.41) is 15.1. The number of carboxylic acids is 1. The molecule has 2 aliphatic rings. The summed E-state index contributed by atoms with van der Waals surface area (Å²) in [6, 6.07) is 13.4. The molecule has 26 heavy (non-hydrogen) atoms. The van der Waals surface area contributed by atoms with Gasteiger partial charge in [0, 0.05) is 5.69 Å². The Labute approximate surface area is 151 Å². The fraction of sp³-hybridized carbons (Fsp3) is 0.300. The maximum Gasteiger partial charge on any atom is 0.329 e. The van der Waals surface area contributed by atoms with Gasteiger partial charge >= 0.3 is 5.97 Å². The molecule has 1 unspecified atom stereocenters. The van der Waals surface area contributed by atoms with Crippen molar-refractivity contribution in [3.05, 3.63) is 53.6 Å². The van der Waals surface area contributed by atoms with E-state index < -0.39 is 12.1 Å². The van der Waals surface area contributed by atoms with Crippen molar-refractivity contribution in [1.29, 1.82) is 0 Å². The summed E-state index contributed by atoms with van der Waals surface area (Å²) in [4.78, 5) is 23.3. The Kier molecular flexibility index (Phi) is 4.44. The van der Waals surface area contributed by atoms with Crippen LogP contribution in [0.1, 0.15) is 30.1 Å². The summed E-state index contributed by atoms with van der Waals surface area (Å²) >= 11 is 0. The molecule has 134 valence electrons. The van der Waals surface area contributed by atoms with Crippen LogP contribution in [-0.4, -0.2) is 36.2 Å². The van der Waals surface area contributed by atoms with E-state index in [0.717, 1.165) is 41.6 Å². The number of ether oxygens (including phenoxy) is 1. The molecule has 2 aromatic carbocycles. The second kappa shape index (κ2) is 6.90. The van der Waals surface area contributed by atoms with Crippen LogP contribution < -0.4 is 10.6 Å². The van der Waals surface area contributed by atoms with Gasteiger partial charge in [0.05, 0.1) is 6.04 Å². The predicted octanol–water partition coefficient (Wildman–Crippen LogP) is 2.55. The maximum absolute atomic E-state index is 12.3. The quantitative estimate of drug-likeness (QED) is 0.770. The number of benzene rings is 2. The highest BCUT2D eigenvalue weighted by atomic mass is 16.5. The number of carboxylic acid groups (broad SMARTS) is 1. The van der Waals surface area contributed by atoms with Crippen LogP contribution in [0.4, 0.5) is 5.69 Å². The highest BCUT2D eigenvalue weighted by Gasteiger charge is 2.30. The molecule has 1 amide bonds. The highest BCUT2D eigenvalue weighted by Crippen LogP contribution is 2.46. The monoisotopic (exact) mass is 352 g/mol. The van der Waals surface area contributed by atoms with E-state index in [1.807, 2.05) is 42.5 Å². The average Bonchev–Trinajstić information content (AvgIpc) is 3.26. The zero-order chi connectivity index (χ0) is 18.1. The standard InChI is InChI=1S/C20H20N2O4/c23-18(24)11-26-19-15-5-2-1-4-13(15)14-8-7-12(10-16(14)19)22-20(25)17-6-3-9-21-17/h1-2,4-5,7-8,10,17,19,21H,3,6,9,11H2,(H,22,25)(H,23,24)/t17-,19?/m0/s1. The van der Waals surface area contributed by atoms with Crippen LogP contribution in [0.25, 0.3) is 11.1 Å². The van der Waals surface area contributed by atoms with Crippen LogP contribution in [0.15, 0.2) is 42.5 Å². The number of fused-ring (bicyclic) bond motifs is 3. The largest absolute Gasteiger partial charge is 0.480 e. The molecule has 2 atom stereocenters. The Bertz CT molecular complexity index is 859. The molecule has 2 aromatic rings. The van der Waals surface area contributed by atoms with Gasteiger partial charge in [0.15, 0.2) is 0 Å². The van der Waals surface area contributed by atoms with E-state index in [-0.39, 0.29) is 18.6 Å². The third kappa shape index (κ3) is 3.09. The molecule has 0 spiro atoms. The molecule has 3 N–H and O–H groups in total. The minimum atomic E-state index is -1.01. The third-order valence-corrected chi connectivity index (χ3v) is 4.89. The lowest BCUT2D eigenvalue weighted by Crippen LogP contribution is -2.35. The minimum absolute atomic E-state index is 0.0408. The molecular weight excluding hydrogens is 332 g/mol. The molecule has 0 saturated carbocycles. The molecule has 1 aliphatic carbocycles. The summed E-state index contributed by atoms with van der Waals surface area (Å²) < 4.78 is 5.65. The van der Waals surface area contributed by atoms with Gasteiger partial charge in [-0.15, -0.1) is 0 Å². The zero-order valence-electron chi connectivity index (χ0n) is 14.2. The summed E-state index contributed by atoms with van der Waals surface area (Å²) in [6.07, 6.45) is 1.40. The number of amides is 1. The molecule has 1 aliphatic heterocycles. The summed E-state index contributed by atoms with van der Waals surface area (Å²) in [5.74, 6) is -1.05. The van der Waals surface area contributed by atoms with E-state index in [0.29, 0.717) is 5.69 Å². The topological polar surface area (TPSA) is 87.7 Å². The smallest absolute Gasteiger partial charge is 0.329 e. The Morgan fingerprint density at radius 2 is 1.96 bits per heavy atom. The summed E-state index contributed by atoms with van der Waals surface area (Å²) in [5.41, 5.74) is 4.56. The van der Waals surface area contributed by atoms with E-state index in [4.69, 9.17) is 9.84 Å². The molecule has 1 saturated heterocycles. The van der Waals surface area contributed by atoms with Gasteiger partial charge in [-0.05, 0) is 53.8 Å². The normalized spacial score (nSPS) is 20.5. The molecule has 1 fully saturated rings. The number of carbonyl (C=O) groups excluding carboxylic acids is 1. The lowest BCUT2D eigenvalue weighted by atomic mass is 10.1. The van der Waals surface area contributed by atoms with E-state index in [1.54, 1.807) is 0 Å². The van der Waals surface area contributed by atoms with Gasteiger partial charge in [-0.3, -0.25) is 4.79 Å². The number of aliphatic carboxylic acids is 1. The molecule has 0 bridgehead atoms. The van der Waals surface area contributed by atoms with Crippen LogP contribution in [0, 0.1) is 0 Å². The first kappa shape index (κ1) is 16.8. The second-order valence-electron chi connectivity index (χ2n) is 6.61. The Morgan fingerprint density at radius 1 is 1.15 bits per heavy atom. The lowest BCUT2D eigenvalue weighted by molar-refractivity contribution is -0.143. The van der Waals surface area contributed by atoms with E-state index >= 15 is 0 Å². The predicted molar refractivity (Wildman–Crippen MR) is 97.0 cm³/mol. The number of anilines is 1. The van der Waals surface area contributed by atoms with Crippen molar-refractivity contribution < 1.29 is 19.4 Å². The molecule has 6 heteroatoms. The van der Waals surface area contributed by atoms with Crippen molar-refractivity contribution in [1.82, 2.24) is 5.32 Å². The van der Waals surface area contributed by atoms with Gasteiger partial charge in [0.25, 0.3) is 0 Å². The Hall–Kier alpha value is -2.70. The molecule has 4 rings (SSSR count). The fourth-order valence-electron chi connectivity index (χ4n) is 3.71. The number of rotatable bonds is 5. The van der Waals surface area contributed by atoms with E-state index in [9.17, 15) is 9.59 Å². The average molecular weight is 352 g/mol. The SMILES string of the molecule is O=C(O)COC1c2ccccc2-c2ccc(NC(=O)[C@@H]3CCCN3)cc21. The number of carbonyl (C=O) groups is 2. The van der Waals surface area contributed by atoms with Crippen molar-refractivity contribution in [2.45, 2.75) is 25.0 Å². The Balaban J connectivity index is 1.63. The van der Waals surface area contributed by atoms with Gasteiger partial charge in [0.2, 0.25) is 5.91 Å². The van der Waals surface area contributed by atoms with Crippen molar-refractivity contribution >= 4 is 17.6 Å². The van der Waals surface area contributed by atoms with Crippen molar-refractivity contribution in [3.8, 4) is 11.1 Å². The van der Waals surface area contributed by atoms with Crippen LogP contribution in [0.2, 0.25) is 0 Å². The zero-order valence-corrected chi connectivity index (χ0v) is 14.2. The number of hydrogen-bond donors (Lipinski definition) is 3.